The highest BCUT2D eigenvalue weighted by Crippen LogP contribution is 2.31. The maximum Gasteiger partial charge on any atom is 0.191 e. The van der Waals surface area contributed by atoms with Gasteiger partial charge >= 0.3 is 0 Å². The van der Waals surface area contributed by atoms with Crippen LogP contribution in [0.3, 0.4) is 0 Å². The summed E-state index contributed by atoms with van der Waals surface area (Å²) in [6, 6.07) is 8.32. The van der Waals surface area contributed by atoms with Crippen LogP contribution in [0.25, 0.3) is 22.3 Å². The predicted molar refractivity (Wildman–Crippen MR) is 114 cm³/mol. The highest BCUT2D eigenvalue weighted by Gasteiger charge is 2.23. The Hall–Kier alpha value is -2.58. The number of ether oxygens (including phenoxy) is 1. The molecule has 7 nitrogen and oxygen atoms in total. The fourth-order valence-electron chi connectivity index (χ4n) is 3.86. The first kappa shape index (κ1) is 18.4. The van der Waals surface area contributed by atoms with Gasteiger partial charge in [0.1, 0.15) is 0 Å². The van der Waals surface area contributed by atoms with Crippen molar-refractivity contribution in [3.05, 3.63) is 48.4 Å². The Balaban J connectivity index is 1.38. The summed E-state index contributed by atoms with van der Waals surface area (Å²) in [4.78, 5) is 3.36. The number of para-hydroxylation sites is 1. The number of H-pyrrole nitrogens is 2. The lowest BCUT2D eigenvalue weighted by Crippen LogP contribution is -2.16. The van der Waals surface area contributed by atoms with E-state index in [4.69, 9.17) is 4.74 Å². The van der Waals surface area contributed by atoms with E-state index in [2.05, 4.69) is 48.1 Å². The zero-order valence-corrected chi connectivity index (χ0v) is 17.0. The van der Waals surface area contributed by atoms with Gasteiger partial charge in [0.25, 0.3) is 0 Å². The van der Waals surface area contributed by atoms with Gasteiger partial charge in [0.2, 0.25) is 0 Å². The van der Waals surface area contributed by atoms with Crippen LogP contribution in [0.2, 0.25) is 0 Å². The van der Waals surface area contributed by atoms with Crippen LogP contribution in [0.15, 0.2) is 48.0 Å². The normalized spacial score (nSPS) is 16.8. The maximum absolute atomic E-state index is 5.91. The second kappa shape index (κ2) is 8.42. The van der Waals surface area contributed by atoms with E-state index in [1.54, 1.807) is 11.8 Å². The summed E-state index contributed by atoms with van der Waals surface area (Å²) in [6.45, 7) is 1.65. The van der Waals surface area contributed by atoms with Crippen LogP contribution in [-0.4, -0.2) is 48.4 Å². The van der Waals surface area contributed by atoms with E-state index >= 15 is 0 Å². The fourth-order valence-corrected chi connectivity index (χ4v) is 4.75. The third-order valence-electron chi connectivity index (χ3n) is 5.35. The largest absolute Gasteiger partial charge is 0.376 e. The lowest BCUT2D eigenvalue weighted by atomic mass is 10.1. The van der Waals surface area contributed by atoms with Gasteiger partial charge in [-0.25, -0.2) is 0 Å². The number of aromatic nitrogens is 6. The third kappa shape index (κ3) is 3.95. The topological polar surface area (TPSA) is 84.4 Å². The number of fused-ring (bicyclic) bond motifs is 1. The van der Waals surface area contributed by atoms with Crippen LogP contribution in [0.4, 0.5) is 0 Å². The van der Waals surface area contributed by atoms with E-state index in [-0.39, 0.29) is 6.10 Å². The molecule has 4 heterocycles. The zero-order valence-electron chi connectivity index (χ0n) is 16.2. The van der Waals surface area contributed by atoms with Crippen molar-refractivity contribution in [2.24, 2.45) is 0 Å². The molecule has 2 N–H and O–H groups in total. The van der Waals surface area contributed by atoms with Crippen molar-refractivity contribution in [1.82, 2.24) is 29.9 Å². The first-order valence-electron chi connectivity index (χ1n) is 10.1. The van der Waals surface area contributed by atoms with Gasteiger partial charge < -0.3 is 9.72 Å². The van der Waals surface area contributed by atoms with Gasteiger partial charge in [0.05, 0.1) is 18.8 Å². The summed E-state index contributed by atoms with van der Waals surface area (Å²) in [5, 5.41) is 18.1. The van der Waals surface area contributed by atoms with Gasteiger partial charge in [-0.15, -0.1) is 10.2 Å². The highest BCUT2D eigenvalue weighted by molar-refractivity contribution is 7.99. The molecule has 0 amide bonds. The Labute approximate surface area is 173 Å². The quantitative estimate of drug-likeness (QED) is 0.339. The lowest BCUT2D eigenvalue weighted by molar-refractivity contribution is 0.0953. The van der Waals surface area contributed by atoms with E-state index in [0.29, 0.717) is 0 Å². The van der Waals surface area contributed by atoms with Gasteiger partial charge in [-0.05, 0) is 37.3 Å². The molecule has 150 valence electrons. The Kier molecular flexibility index (Phi) is 5.36. The Morgan fingerprint density at radius 2 is 2.17 bits per heavy atom. The van der Waals surface area contributed by atoms with Gasteiger partial charge in [-0.2, -0.15) is 5.10 Å². The number of benzene rings is 1. The summed E-state index contributed by atoms with van der Waals surface area (Å²) in [5.74, 6) is 1.90. The highest BCUT2D eigenvalue weighted by atomic mass is 32.2. The van der Waals surface area contributed by atoms with Gasteiger partial charge in [0, 0.05) is 41.2 Å². The van der Waals surface area contributed by atoms with Crippen molar-refractivity contribution >= 4 is 22.7 Å². The number of nitrogens with one attached hydrogen (secondary N) is 2. The second-order valence-electron chi connectivity index (χ2n) is 7.36. The first-order valence-corrected chi connectivity index (χ1v) is 11.1. The molecule has 5 rings (SSSR count). The van der Waals surface area contributed by atoms with Crippen LogP contribution in [0, 0.1) is 0 Å². The Morgan fingerprint density at radius 1 is 1.21 bits per heavy atom. The summed E-state index contributed by atoms with van der Waals surface area (Å²) in [7, 11) is 0. The molecule has 1 aliphatic rings. The van der Waals surface area contributed by atoms with Crippen LogP contribution >= 0.6 is 11.8 Å². The predicted octanol–water partition coefficient (Wildman–Crippen LogP) is 4.05. The summed E-state index contributed by atoms with van der Waals surface area (Å²) in [6.07, 6.45) is 10.4. The molecule has 8 heteroatoms. The van der Waals surface area contributed by atoms with Gasteiger partial charge in [-0.3, -0.25) is 9.67 Å². The second-order valence-corrected chi connectivity index (χ2v) is 8.42. The monoisotopic (exact) mass is 408 g/mol. The molecule has 0 radical (unpaired) electrons. The lowest BCUT2D eigenvalue weighted by Gasteiger charge is -2.14. The van der Waals surface area contributed by atoms with Crippen molar-refractivity contribution in [3.8, 4) is 11.4 Å². The molecule has 1 unspecified atom stereocenters. The minimum atomic E-state index is 0.236. The third-order valence-corrected chi connectivity index (χ3v) is 6.41. The van der Waals surface area contributed by atoms with Crippen molar-refractivity contribution in [2.45, 2.75) is 43.5 Å². The molecule has 1 aliphatic heterocycles. The molecule has 4 aromatic rings. The number of aromatic amines is 2. The molecule has 0 saturated carbocycles. The molecule has 0 spiro atoms. The van der Waals surface area contributed by atoms with E-state index in [1.807, 2.05) is 24.7 Å². The fraction of sp³-hybridized carbons (Fsp3) is 0.381. The molecule has 3 aromatic heterocycles. The van der Waals surface area contributed by atoms with Crippen molar-refractivity contribution in [1.29, 1.82) is 0 Å². The number of aryl methyl sites for hydroxylation is 1. The molecule has 1 saturated heterocycles. The first-order chi connectivity index (χ1) is 14.4. The number of hydrogen-bond acceptors (Lipinski definition) is 5. The number of thioether (sulfide) groups is 1. The standard InChI is InChI=1S/C21H24N6OS/c1-2-8-19-17(7-1)18(13-22-19)20-25-26-21(27(20)14-16-6-3-9-28-16)29-10-4-5-15-11-23-24-12-15/h1-2,7-8,11-13,16,22H,3-6,9-10,14H2,(H,23,24). The van der Waals surface area contributed by atoms with E-state index in [9.17, 15) is 0 Å². The van der Waals surface area contributed by atoms with Gasteiger partial charge in [-0.1, -0.05) is 30.0 Å². The van der Waals surface area contributed by atoms with E-state index < -0.39 is 0 Å². The molecule has 0 aliphatic carbocycles. The average molecular weight is 409 g/mol. The van der Waals surface area contributed by atoms with Gasteiger partial charge in [0.15, 0.2) is 11.0 Å². The van der Waals surface area contributed by atoms with Crippen molar-refractivity contribution < 1.29 is 4.74 Å². The average Bonchev–Trinajstić information content (AvgIpc) is 3.53. The Morgan fingerprint density at radius 3 is 3.03 bits per heavy atom. The van der Waals surface area contributed by atoms with Crippen molar-refractivity contribution in [2.75, 3.05) is 12.4 Å². The zero-order chi connectivity index (χ0) is 19.5. The maximum atomic E-state index is 5.91. The minimum absolute atomic E-state index is 0.236. The molecular formula is C21H24N6OS. The number of nitrogens with zero attached hydrogens (tertiary/aromatic N) is 4. The van der Waals surface area contributed by atoms with E-state index in [0.717, 1.165) is 66.6 Å². The van der Waals surface area contributed by atoms with Crippen LogP contribution in [0.1, 0.15) is 24.8 Å². The van der Waals surface area contributed by atoms with Crippen LogP contribution < -0.4 is 0 Å². The number of hydrogen-bond donors (Lipinski definition) is 2. The molecule has 0 bridgehead atoms. The summed E-state index contributed by atoms with van der Waals surface area (Å²) >= 11 is 1.77. The van der Waals surface area contributed by atoms with Crippen LogP contribution in [-0.2, 0) is 17.7 Å². The SMILES string of the molecule is c1ccc2c(-c3nnc(SCCCc4cn[nH]c4)n3CC3CCCO3)c[nH]c2c1. The minimum Gasteiger partial charge on any atom is -0.376 e. The molecule has 1 aromatic carbocycles. The van der Waals surface area contributed by atoms with E-state index in [1.165, 1.54) is 10.9 Å². The molecular weight excluding hydrogens is 384 g/mol. The molecule has 1 fully saturated rings. The van der Waals surface area contributed by atoms with Crippen molar-refractivity contribution in [3.63, 3.8) is 0 Å². The summed E-state index contributed by atoms with van der Waals surface area (Å²) in [5.41, 5.74) is 3.45. The molecule has 1 atom stereocenters. The smallest absolute Gasteiger partial charge is 0.191 e. The molecule has 29 heavy (non-hydrogen) atoms. The van der Waals surface area contributed by atoms with Crippen LogP contribution in [0.5, 0.6) is 0 Å². The number of rotatable bonds is 8. The Bertz CT molecular complexity index is 1060. The summed E-state index contributed by atoms with van der Waals surface area (Å²) < 4.78 is 8.16.